The molecule has 0 unspecified atom stereocenters. The van der Waals surface area contributed by atoms with E-state index in [4.69, 9.17) is 5.26 Å². The van der Waals surface area contributed by atoms with Crippen LogP contribution in [0.25, 0.3) is 0 Å². The van der Waals surface area contributed by atoms with Crippen LogP contribution < -0.4 is 4.31 Å². The molecule has 0 radical (unpaired) electrons. The van der Waals surface area contributed by atoms with E-state index in [1.54, 1.807) is 0 Å². The van der Waals surface area contributed by atoms with Crippen molar-refractivity contribution in [2.75, 3.05) is 4.31 Å². The fourth-order valence-electron chi connectivity index (χ4n) is 2.74. The summed E-state index contributed by atoms with van der Waals surface area (Å²) in [6.07, 6.45) is 2.66. The van der Waals surface area contributed by atoms with Crippen LogP contribution in [0.3, 0.4) is 0 Å². The Hall–Kier alpha value is -2.39. The highest BCUT2D eigenvalue weighted by Gasteiger charge is 2.30. The van der Waals surface area contributed by atoms with Gasteiger partial charge in [-0.1, -0.05) is 19.9 Å². The second-order valence-electron chi connectivity index (χ2n) is 6.03. The molecule has 5 nitrogen and oxygen atoms in total. The van der Waals surface area contributed by atoms with Gasteiger partial charge in [0, 0.05) is 12.2 Å². The number of benzene rings is 1. The summed E-state index contributed by atoms with van der Waals surface area (Å²) >= 11 is 0. The maximum absolute atomic E-state index is 13.3. The van der Waals surface area contributed by atoms with Crippen molar-refractivity contribution in [3.8, 4) is 6.07 Å². The van der Waals surface area contributed by atoms with Crippen LogP contribution in [0, 0.1) is 25.2 Å². The van der Waals surface area contributed by atoms with Crippen LogP contribution in [0.5, 0.6) is 0 Å². The summed E-state index contributed by atoms with van der Waals surface area (Å²) in [7, 11) is -3.77. The summed E-state index contributed by atoms with van der Waals surface area (Å²) in [5, 5.41) is 8.87. The van der Waals surface area contributed by atoms with Gasteiger partial charge in [-0.25, -0.2) is 13.4 Å². The van der Waals surface area contributed by atoms with Gasteiger partial charge in [-0.3, -0.25) is 4.31 Å². The number of nitriles is 1. The first kappa shape index (κ1) is 18.9. The van der Waals surface area contributed by atoms with E-state index in [0.29, 0.717) is 18.5 Å². The lowest BCUT2D eigenvalue weighted by atomic mass is 10.1. The molecule has 1 aromatic heterocycles. The largest absolute Gasteiger partial charge is 0.266 e. The number of pyridine rings is 1. The van der Waals surface area contributed by atoms with Crippen LogP contribution in [0.1, 0.15) is 43.5 Å². The molecular weight excluding hydrogens is 334 g/mol. The molecule has 0 saturated carbocycles. The average molecular weight is 357 g/mol. The van der Waals surface area contributed by atoms with Gasteiger partial charge in [0.2, 0.25) is 0 Å². The molecular formula is C19H23N3O2S. The van der Waals surface area contributed by atoms with E-state index in [2.05, 4.69) is 4.98 Å². The van der Waals surface area contributed by atoms with Gasteiger partial charge in [0.15, 0.2) is 0 Å². The predicted octanol–water partition coefficient (Wildman–Crippen LogP) is 3.95. The van der Waals surface area contributed by atoms with Gasteiger partial charge in [0.1, 0.15) is 16.7 Å². The van der Waals surface area contributed by atoms with Crippen LogP contribution in [0.2, 0.25) is 0 Å². The number of rotatable bonds is 6. The molecule has 0 aliphatic rings. The van der Waals surface area contributed by atoms with Crippen LogP contribution in [0.4, 0.5) is 5.69 Å². The quantitative estimate of drug-likeness (QED) is 0.784. The van der Waals surface area contributed by atoms with Crippen LogP contribution in [-0.2, 0) is 10.0 Å². The molecule has 0 bridgehead atoms. The van der Waals surface area contributed by atoms with Gasteiger partial charge in [-0.2, -0.15) is 5.26 Å². The maximum Gasteiger partial charge on any atom is 0.266 e. The SMILES string of the molecule is CCC(CC)N(c1ccc(C)c(C)c1)S(=O)(=O)c1ccc(C#N)nc1. The van der Waals surface area contributed by atoms with Crippen molar-refractivity contribution in [1.82, 2.24) is 4.98 Å². The van der Waals surface area contributed by atoms with Crippen LogP contribution in [-0.4, -0.2) is 19.4 Å². The Labute approximate surface area is 150 Å². The van der Waals surface area contributed by atoms with Crippen molar-refractivity contribution < 1.29 is 8.42 Å². The normalized spacial score (nSPS) is 11.4. The van der Waals surface area contributed by atoms with Gasteiger partial charge in [-0.05, 0) is 62.1 Å². The van der Waals surface area contributed by atoms with E-state index in [-0.39, 0.29) is 16.6 Å². The smallest absolute Gasteiger partial charge is 0.263 e. The number of sulfonamides is 1. The molecule has 0 saturated heterocycles. The van der Waals surface area contributed by atoms with Crippen molar-refractivity contribution in [2.24, 2.45) is 0 Å². The molecule has 6 heteroatoms. The number of nitrogens with zero attached hydrogens (tertiary/aromatic N) is 3. The fourth-order valence-corrected chi connectivity index (χ4v) is 4.48. The molecule has 0 N–H and O–H groups in total. The zero-order valence-corrected chi connectivity index (χ0v) is 15.8. The monoisotopic (exact) mass is 357 g/mol. The molecule has 1 heterocycles. The van der Waals surface area contributed by atoms with E-state index in [0.717, 1.165) is 11.1 Å². The van der Waals surface area contributed by atoms with E-state index >= 15 is 0 Å². The minimum Gasteiger partial charge on any atom is -0.263 e. The fraction of sp³-hybridized carbons (Fsp3) is 0.368. The Bertz CT molecular complexity index is 880. The number of hydrogen-bond acceptors (Lipinski definition) is 4. The van der Waals surface area contributed by atoms with E-state index in [9.17, 15) is 8.42 Å². The minimum absolute atomic E-state index is 0.0941. The van der Waals surface area contributed by atoms with Gasteiger partial charge in [0.05, 0.1) is 5.69 Å². The highest BCUT2D eigenvalue weighted by molar-refractivity contribution is 7.92. The van der Waals surface area contributed by atoms with E-state index < -0.39 is 10.0 Å². The number of hydrogen-bond donors (Lipinski definition) is 0. The number of anilines is 1. The lowest BCUT2D eigenvalue weighted by Crippen LogP contribution is -2.40. The second-order valence-corrected chi connectivity index (χ2v) is 7.85. The standard InChI is InChI=1S/C19H23N3O2S/c1-5-17(6-2)22(18-9-7-14(3)15(4)11-18)25(23,24)19-10-8-16(12-20)21-13-19/h7-11,13,17H,5-6H2,1-4H3. The van der Waals surface area contributed by atoms with Gasteiger partial charge in [0.25, 0.3) is 10.0 Å². The molecule has 0 aliphatic heterocycles. The summed E-state index contributed by atoms with van der Waals surface area (Å²) in [5.41, 5.74) is 3.01. The van der Waals surface area contributed by atoms with Crippen molar-refractivity contribution in [3.05, 3.63) is 53.3 Å². The van der Waals surface area contributed by atoms with Crippen molar-refractivity contribution in [1.29, 1.82) is 5.26 Å². The van der Waals surface area contributed by atoms with Crippen molar-refractivity contribution in [3.63, 3.8) is 0 Å². The molecule has 2 rings (SSSR count). The first-order chi connectivity index (χ1) is 11.8. The summed E-state index contributed by atoms with van der Waals surface area (Å²) in [6, 6.07) is 10.3. The average Bonchev–Trinajstić information content (AvgIpc) is 2.62. The predicted molar refractivity (Wildman–Crippen MR) is 98.9 cm³/mol. The Kier molecular flexibility index (Phi) is 5.81. The first-order valence-corrected chi connectivity index (χ1v) is 9.77. The molecule has 0 fully saturated rings. The molecule has 0 atom stereocenters. The highest BCUT2D eigenvalue weighted by atomic mass is 32.2. The molecule has 0 aliphatic carbocycles. The summed E-state index contributed by atoms with van der Waals surface area (Å²) in [5.74, 6) is 0. The topological polar surface area (TPSA) is 74.1 Å². The van der Waals surface area contributed by atoms with Gasteiger partial charge < -0.3 is 0 Å². The second kappa shape index (κ2) is 7.66. The minimum atomic E-state index is -3.77. The van der Waals surface area contributed by atoms with Crippen molar-refractivity contribution in [2.45, 2.75) is 51.5 Å². The molecule has 132 valence electrons. The Balaban J connectivity index is 2.60. The Morgan fingerprint density at radius 1 is 1.12 bits per heavy atom. The lowest BCUT2D eigenvalue weighted by Gasteiger charge is -2.32. The molecule has 1 aromatic carbocycles. The van der Waals surface area contributed by atoms with Crippen LogP contribution in [0.15, 0.2) is 41.4 Å². The van der Waals surface area contributed by atoms with Gasteiger partial charge >= 0.3 is 0 Å². The summed E-state index contributed by atoms with van der Waals surface area (Å²) < 4.78 is 28.1. The third kappa shape index (κ3) is 3.83. The van der Waals surface area contributed by atoms with Gasteiger partial charge in [-0.15, -0.1) is 0 Å². The lowest BCUT2D eigenvalue weighted by molar-refractivity contribution is 0.560. The Morgan fingerprint density at radius 3 is 2.28 bits per heavy atom. The summed E-state index contributed by atoms with van der Waals surface area (Å²) in [6.45, 7) is 7.93. The van der Waals surface area contributed by atoms with E-state index in [1.165, 1.54) is 22.6 Å². The molecule has 0 amide bonds. The summed E-state index contributed by atoms with van der Waals surface area (Å²) in [4.78, 5) is 4.01. The number of aryl methyl sites for hydroxylation is 2. The molecule has 0 spiro atoms. The molecule has 25 heavy (non-hydrogen) atoms. The van der Waals surface area contributed by atoms with E-state index in [1.807, 2.05) is 52.0 Å². The Morgan fingerprint density at radius 2 is 1.80 bits per heavy atom. The third-order valence-corrected chi connectivity index (χ3v) is 6.29. The number of aromatic nitrogens is 1. The van der Waals surface area contributed by atoms with Crippen LogP contribution >= 0.6 is 0 Å². The third-order valence-electron chi connectivity index (χ3n) is 4.43. The highest BCUT2D eigenvalue weighted by Crippen LogP contribution is 2.30. The van der Waals surface area contributed by atoms with Crippen molar-refractivity contribution >= 4 is 15.7 Å². The first-order valence-electron chi connectivity index (χ1n) is 8.33. The molecule has 2 aromatic rings. The zero-order chi connectivity index (χ0) is 18.6. The zero-order valence-electron chi connectivity index (χ0n) is 15.0. The maximum atomic E-state index is 13.3.